The summed E-state index contributed by atoms with van der Waals surface area (Å²) in [7, 11) is 0. The molecule has 1 saturated carbocycles. The molecule has 0 radical (unpaired) electrons. The SMILES string of the molecule is Cc1c(Nc2nc(Cl)ncc2COC2CC2)ncc2c1-c1[nH]c3c(c1CC2)C(=O)NCCC3C. The number of hydrogen-bond acceptors (Lipinski definition) is 6. The first-order valence-corrected chi connectivity index (χ1v) is 12.3. The molecule has 34 heavy (non-hydrogen) atoms. The maximum absolute atomic E-state index is 12.9. The fraction of sp³-hybridized carbons (Fsp3) is 0.440. The molecular formula is C25H27ClN6O2. The summed E-state index contributed by atoms with van der Waals surface area (Å²) in [5.74, 6) is 1.63. The van der Waals surface area contributed by atoms with E-state index in [0.717, 1.165) is 71.3 Å². The van der Waals surface area contributed by atoms with Crippen molar-refractivity contribution in [3.8, 4) is 11.3 Å². The number of hydrogen-bond donors (Lipinski definition) is 3. The van der Waals surface area contributed by atoms with Gasteiger partial charge in [0.2, 0.25) is 5.28 Å². The molecule has 1 atom stereocenters. The summed E-state index contributed by atoms with van der Waals surface area (Å²) in [5.41, 5.74) is 8.16. The molecule has 4 heterocycles. The molecule has 2 aliphatic carbocycles. The van der Waals surface area contributed by atoms with Gasteiger partial charge in [-0.25, -0.2) is 15.0 Å². The molecule has 6 rings (SSSR count). The highest BCUT2D eigenvalue weighted by Gasteiger charge is 2.32. The number of halogens is 1. The number of nitrogens with one attached hydrogen (secondary N) is 3. The van der Waals surface area contributed by atoms with Crippen molar-refractivity contribution in [2.75, 3.05) is 11.9 Å². The van der Waals surface area contributed by atoms with E-state index in [0.29, 0.717) is 36.8 Å². The van der Waals surface area contributed by atoms with Gasteiger partial charge in [0.1, 0.15) is 11.6 Å². The first-order valence-electron chi connectivity index (χ1n) is 11.9. The number of fused-ring (bicyclic) bond motifs is 5. The fourth-order valence-electron chi connectivity index (χ4n) is 5.03. The lowest BCUT2D eigenvalue weighted by molar-refractivity contribution is 0.0955. The van der Waals surface area contributed by atoms with Crippen molar-refractivity contribution in [2.45, 2.75) is 64.6 Å². The number of carbonyl (C=O) groups excluding carboxylic acids is 1. The lowest BCUT2D eigenvalue weighted by Crippen LogP contribution is -2.24. The van der Waals surface area contributed by atoms with Crippen LogP contribution in [0.15, 0.2) is 12.4 Å². The zero-order valence-corrected chi connectivity index (χ0v) is 20.1. The van der Waals surface area contributed by atoms with Gasteiger partial charge in [-0.3, -0.25) is 4.79 Å². The molecule has 0 aromatic carbocycles. The van der Waals surface area contributed by atoms with Gasteiger partial charge in [-0.15, -0.1) is 0 Å². The van der Waals surface area contributed by atoms with Gasteiger partial charge in [0, 0.05) is 41.3 Å². The fourth-order valence-corrected chi connectivity index (χ4v) is 5.16. The number of amides is 1. The molecule has 1 unspecified atom stereocenters. The summed E-state index contributed by atoms with van der Waals surface area (Å²) in [6.45, 7) is 5.37. The standard InChI is InChI=1S/C25H27ClN6O2/c1-12-7-8-27-24(33)19-17-6-3-14-9-28-22(13(2)18(14)21(17)30-20(12)19)31-23-15(10-29-25(26)32-23)11-34-16-4-5-16/h9-10,12,16,30H,3-8,11H2,1-2H3,(H,27,33)(H,28,29,31,32). The summed E-state index contributed by atoms with van der Waals surface area (Å²) >= 11 is 6.11. The Hall–Kier alpha value is -2.97. The third kappa shape index (κ3) is 3.75. The Balaban J connectivity index is 1.40. The third-order valence-electron chi connectivity index (χ3n) is 7.08. The van der Waals surface area contributed by atoms with Gasteiger partial charge in [0.15, 0.2) is 0 Å². The molecule has 8 nitrogen and oxygen atoms in total. The number of carbonyl (C=O) groups is 1. The van der Waals surface area contributed by atoms with Crippen LogP contribution in [0.2, 0.25) is 5.28 Å². The Morgan fingerprint density at radius 1 is 1.15 bits per heavy atom. The summed E-state index contributed by atoms with van der Waals surface area (Å²) in [6, 6.07) is 0. The van der Waals surface area contributed by atoms with Gasteiger partial charge in [-0.2, -0.15) is 0 Å². The van der Waals surface area contributed by atoms with Crippen molar-refractivity contribution in [1.29, 1.82) is 0 Å². The van der Waals surface area contributed by atoms with Crippen LogP contribution in [-0.4, -0.2) is 38.5 Å². The Morgan fingerprint density at radius 3 is 2.82 bits per heavy atom. The van der Waals surface area contributed by atoms with E-state index in [1.165, 1.54) is 5.56 Å². The van der Waals surface area contributed by atoms with Gasteiger partial charge in [0.05, 0.1) is 24.0 Å². The zero-order valence-electron chi connectivity index (χ0n) is 19.3. The summed E-state index contributed by atoms with van der Waals surface area (Å²) in [5, 5.41) is 6.61. The quantitative estimate of drug-likeness (QED) is 0.463. The minimum atomic E-state index is 0.0290. The number of aromatic nitrogens is 4. The number of pyridine rings is 1. The molecular weight excluding hydrogens is 452 g/mol. The van der Waals surface area contributed by atoms with E-state index >= 15 is 0 Å². The summed E-state index contributed by atoms with van der Waals surface area (Å²) in [6.07, 6.45) is 8.75. The zero-order chi connectivity index (χ0) is 23.4. The van der Waals surface area contributed by atoms with E-state index in [1.807, 2.05) is 6.20 Å². The molecule has 3 N–H and O–H groups in total. The van der Waals surface area contributed by atoms with E-state index in [9.17, 15) is 4.79 Å². The van der Waals surface area contributed by atoms with Crippen molar-refractivity contribution in [3.63, 3.8) is 0 Å². The Bertz CT molecular complexity index is 1300. The molecule has 3 aromatic rings. The van der Waals surface area contributed by atoms with E-state index in [4.69, 9.17) is 21.3 Å². The molecule has 9 heteroatoms. The number of aromatic amines is 1. The van der Waals surface area contributed by atoms with Gasteiger partial charge in [-0.1, -0.05) is 6.92 Å². The minimum absolute atomic E-state index is 0.0290. The lowest BCUT2D eigenvalue weighted by Gasteiger charge is -2.21. The Morgan fingerprint density at radius 2 is 2.00 bits per heavy atom. The molecule has 1 aliphatic heterocycles. The molecule has 0 bridgehead atoms. The lowest BCUT2D eigenvalue weighted by atomic mass is 9.86. The van der Waals surface area contributed by atoms with E-state index in [2.05, 4.69) is 39.4 Å². The number of rotatable bonds is 5. The van der Waals surface area contributed by atoms with Crippen LogP contribution in [-0.2, 0) is 24.2 Å². The first-order chi connectivity index (χ1) is 16.5. The van der Waals surface area contributed by atoms with E-state index in [1.54, 1.807) is 6.20 Å². The maximum Gasteiger partial charge on any atom is 0.253 e. The number of nitrogens with zero attached hydrogens (tertiary/aromatic N) is 3. The monoisotopic (exact) mass is 478 g/mol. The predicted octanol–water partition coefficient (Wildman–Crippen LogP) is 4.59. The van der Waals surface area contributed by atoms with Crippen LogP contribution in [0.5, 0.6) is 0 Å². The van der Waals surface area contributed by atoms with Crippen molar-refractivity contribution >= 4 is 29.1 Å². The smallest absolute Gasteiger partial charge is 0.253 e. The van der Waals surface area contributed by atoms with Gasteiger partial charge in [-0.05, 0) is 67.7 Å². The van der Waals surface area contributed by atoms with E-state index in [-0.39, 0.29) is 11.2 Å². The van der Waals surface area contributed by atoms with Crippen LogP contribution < -0.4 is 10.6 Å². The highest BCUT2D eigenvalue weighted by atomic mass is 35.5. The first kappa shape index (κ1) is 21.6. The average molecular weight is 479 g/mol. The number of ether oxygens (including phenoxy) is 1. The van der Waals surface area contributed by atoms with Crippen LogP contribution >= 0.6 is 11.6 Å². The second kappa shape index (κ2) is 8.36. The highest BCUT2D eigenvalue weighted by molar-refractivity contribution is 6.28. The molecule has 1 amide bonds. The second-order valence-electron chi connectivity index (χ2n) is 9.49. The van der Waals surface area contributed by atoms with E-state index < -0.39 is 0 Å². The minimum Gasteiger partial charge on any atom is -0.373 e. The van der Waals surface area contributed by atoms with Crippen LogP contribution in [0.25, 0.3) is 11.3 Å². The van der Waals surface area contributed by atoms with Crippen LogP contribution in [0, 0.1) is 6.92 Å². The number of aryl methyl sites for hydroxylation is 1. The van der Waals surface area contributed by atoms with Crippen LogP contribution in [0.4, 0.5) is 11.6 Å². The third-order valence-corrected chi connectivity index (χ3v) is 7.26. The van der Waals surface area contributed by atoms with Gasteiger partial charge >= 0.3 is 0 Å². The topological polar surface area (TPSA) is 105 Å². The van der Waals surface area contributed by atoms with Crippen molar-refractivity contribution < 1.29 is 9.53 Å². The van der Waals surface area contributed by atoms with Crippen molar-refractivity contribution in [2.24, 2.45) is 0 Å². The largest absolute Gasteiger partial charge is 0.373 e. The molecule has 3 aromatic heterocycles. The second-order valence-corrected chi connectivity index (χ2v) is 9.83. The van der Waals surface area contributed by atoms with Crippen LogP contribution in [0.1, 0.15) is 70.4 Å². The average Bonchev–Trinajstić information content (AvgIpc) is 3.58. The highest BCUT2D eigenvalue weighted by Crippen LogP contribution is 2.42. The molecule has 0 spiro atoms. The molecule has 1 fully saturated rings. The number of anilines is 2. The normalized spacial score (nSPS) is 19.0. The molecule has 0 saturated heterocycles. The summed E-state index contributed by atoms with van der Waals surface area (Å²) in [4.78, 5) is 29.8. The maximum atomic E-state index is 12.9. The Labute approximate surface area is 202 Å². The van der Waals surface area contributed by atoms with Crippen molar-refractivity contribution in [1.82, 2.24) is 25.3 Å². The summed E-state index contributed by atoms with van der Waals surface area (Å²) < 4.78 is 5.88. The molecule has 176 valence electrons. The van der Waals surface area contributed by atoms with Crippen molar-refractivity contribution in [3.05, 3.63) is 51.2 Å². The molecule has 3 aliphatic rings. The number of H-pyrrole nitrogens is 1. The predicted molar refractivity (Wildman–Crippen MR) is 130 cm³/mol. The van der Waals surface area contributed by atoms with Gasteiger partial charge in [0.25, 0.3) is 5.91 Å². The van der Waals surface area contributed by atoms with Gasteiger partial charge < -0.3 is 20.4 Å². The van der Waals surface area contributed by atoms with Crippen LogP contribution in [0.3, 0.4) is 0 Å². The Kier molecular flexibility index (Phi) is 5.30.